The molecular formula is C23H25N3O2. The van der Waals surface area contributed by atoms with Crippen LogP contribution in [-0.4, -0.2) is 16.0 Å². The number of aryl methyl sites for hydroxylation is 1. The SMILES string of the molecule is Cc1ccccc1CN=C(NO)c1cccnc1Oc1ccc(C(C)C)cc1. The summed E-state index contributed by atoms with van der Waals surface area (Å²) in [5.74, 6) is 1.83. The molecule has 0 fully saturated rings. The van der Waals surface area contributed by atoms with Crippen LogP contribution in [-0.2, 0) is 6.54 Å². The van der Waals surface area contributed by atoms with Crippen molar-refractivity contribution < 1.29 is 9.94 Å². The molecule has 0 saturated carbocycles. The first-order valence-electron chi connectivity index (χ1n) is 9.30. The first-order chi connectivity index (χ1) is 13.6. The first-order valence-corrected chi connectivity index (χ1v) is 9.30. The quantitative estimate of drug-likeness (QED) is 0.352. The van der Waals surface area contributed by atoms with E-state index in [2.05, 4.69) is 29.3 Å². The summed E-state index contributed by atoms with van der Waals surface area (Å²) in [6.45, 7) is 6.77. The van der Waals surface area contributed by atoms with E-state index >= 15 is 0 Å². The number of hydroxylamine groups is 1. The van der Waals surface area contributed by atoms with E-state index in [9.17, 15) is 5.21 Å². The molecule has 3 rings (SSSR count). The Morgan fingerprint density at radius 1 is 1.07 bits per heavy atom. The van der Waals surface area contributed by atoms with E-state index in [1.165, 1.54) is 5.56 Å². The lowest BCUT2D eigenvalue weighted by Gasteiger charge is -2.12. The van der Waals surface area contributed by atoms with Crippen LogP contribution >= 0.6 is 0 Å². The number of hydrogen-bond acceptors (Lipinski definition) is 4. The first kappa shape index (κ1) is 19.6. The fourth-order valence-electron chi connectivity index (χ4n) is 2.82. The Bertz CT molecular complexity index is 950. The summed E-state index contributed by atoms with van der Waals surface area (Å²) in [4.78, 5) is 8.84. The zero-order chi connectivity index (χ0) is 19.9. The number of nitrogens with one attached hydrogen (secondary N) is 1. The zero-order valence-electron chi connectivity index (χ0n) is 16.4. The average Bonchev–Trinajstić information content (AvgIpc) is 2.71. The molecule has 0 aliphatic heterocycles. The van der Waals surface area contributed by atoms with Gasteiger partial charge in [0.2, 0.25) is 5.88 Å². The Hall–Kier alpha value is -3.18. The second kappa shape index (κ2) is 9.15. The molecule has 5 nitrogen and oxygen atoms in total. The molecule has 1 heterocycles. The molecule has 0 radical (unpaired) electrons. The Kier molecular flexibility index (Phi) is 6.40. The molecular weight excluding hydrogens is 350 g/mol. The van der Waals surface area contributed by atoms with Gasteiger partial charge in [-0.3, -0.25) is 15.7 Å². The van der Waals surface area contributed by atoms with Gasteiger partial charge in [0.1, 0.15) is 5.75 Å². The van der Waals surface area contributed by atoms with Crippen molar-refractivity contribution in [2.75, 3.05) is 0 Å². The maximum atomic E-state index is 9.65. The van der Waals surface area contributed by atoms with Crippen LogP contribution in [0.2, 0.25) is 0 Å². The summed E-state index contributed by atoms with van der Waals surface area (Å²) >= 11 is 0. The summed E-state index contributed by atoms with van der Waals surface area (Å²) < 4.78 is 5.96. The third-order valence-electron chi connectivity index (χ3n) is 4.56. The smallest absolute Gasteiger partial charge is 0.230 e. The van der Waals surface area contributed by atoms with Crippen LogP contribution in [0.4, 0.5) is 0 Å². The van der Waals surface area contributed by atoms with Gasteiger partial charge in [0, 0.05) is 6.20 Å². The van der Waals surface area contributed by atoms with Crippen molar-refractivity contribution in [1.82, 2.24) is 10.5 Å². The predicted octanol–water partition coefficient (Wildman–Crippen LogP) is 5.23. The van der Waals surface area contributed by atoms with Gasteiger partial charge in [0.25, 0.3) is 0 Å². The van der Waals surface area contributed by atoms with Crippen molar-refractivity contribution in [1.29, 1.82) is 0 Å². The highest BCUT2D eigenvalue weighted by Gasteiger charge is 2.13. The van der Waals surface area contributed by atoms with E-state index in [-0.39, 0.29) is 0 Å². The van der Waals surface area contributed by atoms with Crippen molar-refractivity contribution >= 4 is 5.84 Å². The molecule has 1 aromatic heterocycles. The topological polar surface area (TPSA) is 66.7 Å². The summed E-state index contributed by atoms with van der Waals surface area (Å²) in [5, 5.41) is 9.65. The minimum absolute atomic E-state index is 0.310. The maximum absolute atomic E-state index is 9.65. The number of hydrogen-bond donors (Lipinski definition) is 2. The van der Waals surface area contributed by atoms with E-state index < -0.39 is 0 Å². The highest BCUT2D eigenvalue weighted by Crippen LogP contribution is 2.25. The molecule has 0 unspecified atom stereocenters. The minimum Gasteiger partial charge on any atom is -0.438 e. The molecule has 144 valence electrons. The van der Waals surface area contributed by atoms with Gasteiger partial charge in [-0.25, -0.2) is 4.98 Å². The number of amidine groups is 1. The third kappa shape index (κ3) is 4.75. The molecule has 0 aliphatic carbocycles. The van der Waals surface area contributed by atoms with Crippen LogP contribution in [0.3, 0.4) is 0 Å². The Morgan fingerprint density at radius 3 is 2.50 bits per heavy atom. The second-order valence-electron chi connectivity index (χ2n) is 6.89. The van der Waals surface area contributed by atoms with Crippen LogP contribution in [0, 0.1) is 6.92 Å². The molecule has 0 bridgehead atoms. The minimum atomic E-state index is 0.310. The Labute approximate surface area is 165 Å². The molecule has 0 saturated heterocycles. The van der Waals surface area contributed by atoms with Crippen LogP contribution in [0.5, 0.6) is 11.6 Å². The molecule has 0 spiro atoms. The fraction of sp³-hybridized carbons (Fsp3) is 0.217. The van der Waals surface area contributed by atoms with Crippen LogP contribution in [0.25, 0.3) is 0 Å². The Balaban J connectivity index is 1.85. The van der Waals surface area contributed by atoms with Crippen LogP contribution in [0.15, 0.2) is 71.9 Å². The number of aromatic nitrogens is 1. The normalized spacial score (nSPS) is 11.5. The van der Waals surface area contributed by atoms with E-state index in [1.807, 2.05) is 61.5 Å². The molecule has 2 N–H and O–H groups in total. The molecule has 0 atom stereocenters. The van der Waals surface area contributed by atoms with Gasteiger partial charge in [-0.2, -0.15) is 0 Å². The van der Waals surface area contributed by atoms with Gasteiger partial charge in [0.15, 0.2) is 5.84 Å². The van der Waals surface area contributed by atoms with E-state index in [0.717, 1.165) is 11.1 Å². The molecule has 0 amide bonds. The zero-order valence-corrected chi connectivity index (χ0v) is 16.4. The van der Waals surface area contributed by atoms with Gasteiger partial charge in [-0.15, -0.1) is 0 Å². The maximum Gasteiger partial charge on any atom is 0.230 e. The van der Waals surface area contributed by atoms with Crippen molar-refractivity contribution in [2.45, 2.75) is 33.2 Å². The second-order valence-corrected chi connectivity index (χ2v) is 6.89. The summed E-state index contributed by atoms with van der Waals surface area (Å²) in [7, 11) is 0. The van der Waals surface area contributed by atoms with Gasteiger partial charge in [-0.05, 0) is 53.8 Å². The number of rotatable bonds is 6. The summed E-state index contributed by atoms with van der Waals surface area (Å²) in [5.41, 5.74) is 6.26. The lowest BCUT2D eigenvalue weighted by Crippen LogP contribution is -2.21. The van der Waals surface area contributed by atoms with Gasteiger partial charge in [-0.1, -0.05) is 50.2 Å². The van der Waals surface area contributed by atoms with Crippen molar-refractivity contribution in [3.63, 3.8) is 0 Å². The third-order valence-corrected chi connectivity index (χ3v) is 4.56. The molecule has 28 heavy (non-hydrogen) atoms. The fourth-order valence-corrected chi connectivity index (χ4v) is 2.82. The van der Waals surface area contributed by atoms with Crippen molar-refractivity contribution in [3.05, 3.63) is 89.1 Å². The van der Waals surface area contributed by atoms with Crippen molar-refractivity contribution in [2.24, 2.45) is 4.99 Å². The monoisotopic (exact) mass is 375 g/mol. The molecule has 5 heteroatoms. The lowest BCUT2D eigenvalue weighted by atomic mass is 10.0. The van der Waals surface area contributed by atoms with Crippen LogP contribution < -0.4 is 10.2 Å². The van der Waals surface area contributed by atoms with Gasteiger partial charge < -0.3 is 4.74 Å². The number of pyridine rings is 1. The number of aliphatic imine (C=N–C) groups is 1. The number of nitrogens with zero attached hydrogens (tertiary/aromatic N) is 2. The molecule has 3 aromatic rings. The standard InChI is InChI=1S/C23H25N3O2/c1-16(2)18-10-12-20(13-11-18)28-23-21(9-6-14-24-23)22(26-27)25-15-19-8-5-4-7-17(19)3/h4-14,16,27H,15H2,1-3H3,(H,25,26). The number of ether oxygens (including phenoxy) is 1. The largest absolute Gasteiger partial charge is 0.438 e. The average molecular weight is 375 g/mol. The van der Waals surface area contributed by atoms with E-state index in [0.29, 0.717) is 35.5 Å². The van der Waals surface area contributed by atoms with Crippen LogP contribution in [0.1, 0.15) is 42.0 Å². The van der Waals surface area contributed by atoms with E-state index in [4.69, 9.17) is 4.74 Å². The summed E-state index contributed by atoms with van der Waals surface area (Å²) in [6, 6.07) is 19.5. The number of benzene rings is 2. The van der Waals surface area contributed by atoms with Gasteiger partial charge >= 0.3 is 0 Å². The highest BCUT2D eigenvalue weighted by molar-refractivity contribution is 6.00. The molecule has 0 aliphatic rings. The highest BCUT2D eigenvalue weighted by atomic mass is 16.5. The predicted molar refractivity (Wildman–Crippen MR) is 111 cm³/mol. The van der Waals surface area contributed by atoms with Gasteiger partial charge in [0.05, 0.1) is 12.1 Å². The lowest BCUT2D eigenvalue weighted by molar-refractivity contribution is 0.234. The Morgan fingerprint density at radius 2 is 1.82 bits per heavy atom. The molecule has 2 aromatic carbocycles. The van der Waals surface area contributed by atoms with E-state index in [1.54, 1.807) is 12.3 Å². The van der Waals surface area contributed by atoms with Crippen molar-refractivity contribution in [3.8, 4) is 11.6 Å². The summed E-state index contributed by atoms with van der Waals surface area (Å²) in [6.07, 6.45) is 1.65.